The average molecular weight is 464 g/mol. The van der Waals surface area contributed by atoms with E-state index in [4.69, 9.17) is 4.98 Å². The first-order chi connectivity index (χ1) is 16.7. The van der Waals surface area contributed by atoms with E-state index in [1.54, 1.807) is 12.3 Å². The number of para-hydroxylation sites is 1. The highest BCUT2D eigenvalue weighted by Gasteiger charge is 2.30. The van der Waals surface area contributed by atoms with Crippen molar-refractivity contribution >= 4 is 29.5 Å². The van der Waals surface area contributed by atoms with Gasteiger partial charge < -0.3 is 4.57 Å². The van der Waals surface area contributed by atoms with Crippen LogP contribution in [0, 0.1) is 0 Å². The monoisotopic (exact) mass is 463 g/mol. The molecular formula is C29H26N3OP. The second kappa shape index (κ2) is 10.0. The Kier molecular flexibility index (Phi) is 6.51. The van der Waals surface area contributed by atoms with Crippen LogP contribution in [0.1, 0.15) is 18.4 Å². The van der Waals surface area contributed by atoms with Crippen LogP contribution in [0.2, 0.25) is 0 Å². The number of aromatic nitrogens is 2. The third-order valence-electron chi connectivity index (χ3n) is 5.91. The van der Waals surface area contributed by atoms with Crippen molar-refractivity contribution in [1.29, 1.82) is 0 Å². The minimum atomic E-state index is -3.06. The third-order valence-corrected chi connectivity index (χ3v) is 8.85. The van der Waals surface area contributed by atoms with E-state index in [0.717, 1.165) is 35.1 Å². The molecule has 5 rings (SSSR count). The molecule has 168 valence electrons. The average Bonchev–Trinajstić information content (AvgIpc) is 2.91. The summed E-state index contributed by atoms with van der Waals surface area (Å²) in [5.41, 5.74) is 3.69. The van der Waals surface area contributed by atoms with Gasteiger partial charge in [-0.25, -0.2) is 9.97 Å². The van der Waals surface area contributed by atoms with E-state index >= 15 is 0 Å². The topological polar surface area (TPSA) is 46.1 Å². The predicted molar refractivity (Wildman–Crippen MR) is 141 cm³/mol. The number of hydrogen-bond acceptors (Lipinski definition) is 4. The van der Waals surface area contributed by atoms with Crippen LogP contribution in [-0.2, 0) is 10.7 Å². The summed E-state index contributed by atoms with van der Waals surface area (Å²) in [6, 6.07) is 31.6. The third kappa shape index (κ3) is 4.64. The summed E-state index contributed by atoms with van der Waals surface area (Å²) >= 11 is 0. The van der Waals surface area contributed by atoms with E-state index in [9.17, 15) is 4.57 Å². The molecule has 0 N–H and O–H groups in total. The minimum absolute atomic E-state index is 0.408. The Hall–Kier alpha value is -3.75. The zero-order valence-electron chi connectivity index (χ0n) is 18.9. The van der Waals surface area contributed by atoms with Gasteiger partial charge in [0.15, 0.2) is 7.14 Å². The largest absolute Gasteiger partial charge is 0.312 e. The fourth-order valence-corrected chi connectivity index (χ4v) is 6.77. The van der Waals surface area contributed by atoms with Crippen molar-refractivity contribution in [3.8, 4) is 0 Å². The molecule has 1 aromatic heterocycles. The SMILES string of the molecule is O=P(Cc1ccccc1)(c1ccccc1)c1ccnc(N(C2=CC=CCC2)c2ccccc2)n1. The van der Waals surface area contributed by atoms with Crippen LogP contribution < -0.4 is 15.6 Å². The Morgan fingerprint density at radius 1 is 0.824 bits per heavy atom. The zero-order chi connectivity index (χ0) is 23.2. The van der Waals surface area contributed by atoms with Crippen molar-refractivity contribution in [2.24, 2.45) is 0 Å². The van der Waals surface area contributed by atoms with Crippen LogP contribution in [0.25, 0.3) is 0 Å². The van der Waals surface area contributed by atoms with Crippen molar-refractivity contribution in [1.82, 2.24) is 9.97 Å². The second-order valence-corrected chi connectivity index (χ2v) is 11.0. The summed E-state index contributed by atoms with van der Waals surface area (Å²) in [7, 11) is -3.06. The molecule has 0 aliphatic heterocycles. The highest BCUT2D eigenvalue weighted by atomic mass is 31.2. The van der Waals surface area contributed by atoms with Gasteiger partial charge in [-0.05, 0) is 42.7 Å². The predicted octanol–water partition coefficient (Wildman–Crippen LogP) is 6.36. The van der Waals surface area contributed by atoms with Gasteiger partial charge in [0.2, 0.25) is 5.95 Å². The van der Waals surface area contributed by atoms with Crippen LogP contribution in [-0.4, -0.2) is 9.97 Å². The van der Waals surface area contributed by atoms with Crippen LogP contribution in [0.3, 0.4) is 0 Å². The maximum atomic E-state index is 14.7. The Morgan fingerprint density at radius 3 is 2.18 bits per heavy atom. The molecule has 0 radical (unpaired) electrons. The van der Waals surface area contributed by atoms with E-state index in [1.165, 1.54) is 0 Å². The lowest BCUT2D eigenvalue weighted by Gasteiger charge is -2.27. The van der Waals surface area contributed by atoms with Crippen molar-refractivity contribution in [3.05, 3.63) is 133 Å². The molecule has 0 spiro atoms. The van der Waals surface area contributed by atoms with Crippen molar-refractivity contribution in [2.75, 3.05) is 4.90 Å². The number of rotatable bonds is 7. The van der Waals surface area contributed by atoms with E-state index in [1.807, 2.05) is 78.9 Å². The smallest absolute Gasteiger partial charge is 0.235 e. The molecule has 4 nitrogen and oxygen atoms in total. The van der Waals surface area contributed by atoms with Gasteiger partial charge >= 0.3 is 0 Å². The molecule has 1 unspecified atom stereocenters. The van der Waals surface area contributed by atoms with Crippen molar-refractivity contribution in [2.45, 2.75) is 19.0 Å². The molecule has 0 saturated carbocycles. The maximum absolute atomic E-state index is 14.7. The summed E-state index contributed by atoms with van der Waals surface area (Å²) in [5.74, 6) is 0.537. The molecular weight excluding hydrogens is 437 g/mol. The molecule has 0 saturated heterocycles. The lowest BCUT2D eigenvalue weighted by molar-refractivity contribution is 0.586. The highest BCUT2D eigenvalue weighted by Crippen LogP contribution is 2.46. The highest BCUT2D eigenvalue weighted by molar-refractivity contribution is 7.77. The van der Waals surface area contributed by atoms with E-state index in [0.29, 0.717) is 17.5 Å². The quantitative estimate of drug-likeness (QED) is 0.299. The zero-order valence-corrected chi connectivity index (χ0v) is 19.8. The van der Waals surface area contributed by atoms with E-state index in [-0.39, 0.29) is 0 Å². The van der Waals surface area contributed by atoms with E-state index < -0.39 is 7.14 Å². The fourth-order valence-electron chi connectivity index (χ4n) is 4.23. The molecule has 0 bridgehead atoms. The summed E-state index contributed by atoms with van der Waals surface area (Å²) in [4.78, 5) is 11.7. The molecule has 1 aliphatic rings. The summed E-state index contributed by atoms with van der Waals surface area (Å²) in [6.45, 7) is 0. The van der Waals surface area contributed by atoms with Gasteiger partial charge in [0, 0.05) is 29.0 Å². The van der Waals surface area contributed by atoms with Gasteiger partial charge in [0.05, 0.1) is 0 Å². The van der Waals surface area contributed by atoms with Crippen molar-refractivity contribution < 1.29 is 4.57 Å². The molecule has 34 heavy (non-hydrogen) atoms. The Balaban J connectivity index is 1.63. The van der Waals surface area contributed by atoms with E-state index in [2.05, 4.69) is 40.2 Å². The molecule has 1 aliphatic carbocycles. The molecule has 0 fully saturated rings. The van der Waals surface area contributed by atoms with Gasteiger partial charge in [-0.2, -0.15) is 0 Å². The number of allylic oxidation sites excluding steroid dienone is 4. The molecule has 4 aromatic rings. The minimum Gasteiger partial charge on any atom is -0.312 e. The van der Waals surface area contributed by atoms with Gasteiger partial charge in [0.1, 0.15) is 5.44 Å². The summed E-state index contributed by atoms with van der Waals surface area (Å²) < 4.78 is 14.7. The van der Waals surface area contributed by atoms with Crippen LogP contribution >= 0.6 is 7.14 Å². The van der Waals surface area contributed by atoms with Gasteiger partial charge in [-0.15, -0.1) is 0 Å². The molecule has 1 atom stereocenters. The first-order valence-corrected chi connectivity index (χ1v) is 13.4. The summed E-state index contributed by atoms with van der Waals surface area (Å²) in [5, 5.41) is 0.801. The standard InChI is InChI=1S/C29H26N3OP/c33-34(27-19-11-4-12-20-27,23-24-13-5-1-6-14-24)28-21-22-30-29(31-28)32(25-15-7-2-8-16-25)26-17-9-3-10-18-26/h1-9,11-17,19-22H,10,18,23H2. The lowest BCUT2D eigenvalue weighted by Crippen LogP contribution is -2.25. The molecule has 3 aromatic carbocycles. The molecule has 1 heterocycles. The van der Waals surface area contributed by atoms with Crippen LogP contribution in [0.15, 0.2) is 127 Å². The second-order valence-electron chi connectivity index (χ2n) is 8.23. The number of benzene rings is 3. The fraction of sp³-hybridized carbons (Fsp3) is 0.103. The Morgan fingerprint density at radius 2 is 1.50 bits per heavy atom. The summed E-state index contributed by atoms with van der Waals surface area (Å²) in [6.07, 6.45) is 10.3. The van der Waals surface area contributed by atoms with Gasteiger partial charge in [0.25, 0.3) is 0 Å². The molecule has 5 heteroatoms. The maximum Gasteiger partial charge on any atom is 0.235 e. The van der Waals surface area contributed by atoms with Gasteiger partial charge in [-0.1, -0.05) is 91.0 Å². The number of nitrogens with zero attached hydrogens (tertiary/aromatic N) is 3. The Bertz CT molecular complexity index is 1350. The van der Waals surface area contributed by atoms with Crippen LogP contribution in [0.4, 0.5) is 11.6 Å². The first kappa shape index (κ1) is 22.1. The Labute approximate surface area is 200 Å². The lowest BCUT2D eigenvalue weighted by atomic mass is 10.1. The first-order valence-electron chi connectivity index (χ1n) is 11.5. The van der Waals surface area contributed by atoms with Crippen molar-refractivity contribution in [3.63, 3.8) is 0 Å². The normalized spacial score (nSPS) is 14.8. The van der Waals surface area contributed by atoms with Gasteiger partial charge in [-0.3, -0.25) is 4.90 Å². The molecule has 0 amide bonds. The van der Waals surface area contributed by atoms with Crippen LogP contribution in [0.5, 0.6) is 0 Å². The number of hydrogen-bond donors (Lipinski definition) is 0. The number of anilines is 2.